The fourth-order valence-electron chi connectivity index (χ4n) is 3.20. The molecule has 0 unspecified atom stereocenters. The molecule has 1 aliphatic heterocycles. The molecule has 6 nitrogen and oxygen atoms in total. The zero-order valence-electron chi connectivity index (χ0n) is 14.2. The van der Waals surface area contributed by atoms with E-state index in [1.54, 1.807) is 18.6 Å². The van der Waals surface area contributed by atoms with Gasteiger partial charge in [-0.15, -0.1) is 0 Å². The van der Waals surface area contributed by atoms with Gasteiger partial charge in [0.1, 0.15) is 0 Å². The Morgan fingerprint density at radius 3 is 2.92 bits per heavy atom. The summed E-state index contributed by atoms with van der Waals surface area (Å²) in [6.07, 6.45) is 8.95. The van der Waals surface area contributed by atoms with Gasteiger partial charge >= 0.3 is 0 Å². The van der Waals surface area contributed by atoms with E-state index in [4.69, 9.17) is 0 Å². The number of H-pyrrole nitrogens is 1. The molecule has 1 amide bonds. The van der Waals surface area contributed by atoms with Crippen molar-refractivity contribution in [3.63, 3.8) is 0 Å². The number of piperidine rings is 1. The van der Waals surface area contributed by atoms with Crippen molar-refractivity contribution >= 4 is 5.91 Å². The molecule has 0 aliphatic carbocycles. The summed E-state index contributed by atoms with van der Waals surface area (Å²) in [5.74, 6) is 0.342. The van der Waals surface area contributed by atoms with Crippen molar-refractivity contribution in [1.82, 2.24) is 25.4 Å². The van der Waals surface area contributed by atoms with Crippen LogP contribution in [0.1, 0.15) is 36.5 Å². The molecule has 3 rings (SSSR count). The Morgan fingerprint density at radius 2 is 2.17 bits per heavy atom. The van der Waals surface area contributed by atoms with E-state index in [1.165, 1.54) is 32.4 Å². The van der Waals surface area contributed by atoms with E-state index in [2.05, 4.69) is 32.3 Å². The molecule has 0 radical (unpaired) electrons. The number of amides is 1. The number of carbonyl (C=O) groups is 1. The molecule has 0 aromatic carbocycles. The number of aromatic nitrogens is 3. The number of hydrogen-bond acceptors (Lipinski definition) is 4. The largest absolute Gasteiger partial charge is 0.352 e. The molecule has 1 fully saturated rings. The first-order valence-corrected chi connectivity index (χ1v) is 8.68. The predicted octanol–water partition coefficient (Wildman–Crippen LogP) is 2.32. The molecule has 2 aromatic rings. The summed E-state index contributed by atoms with van der Waals surface area (Å²) in [4.78, 5) is 19.1. The summed E-state index contributed by atoms with van der Waals surface area (Å²) in [6.45, 7) is 6.27. The van der Waals surface area contributed by atoms with Gasteiger partial charge in [-0.05, 0) is 44.0 Å². The van der Waals surface area contributed by atoms with Gasteiger partial charge in [-0.25, -0.2) is 0 Å². The van der Waals surface area contributed by atoms with Crippen LogP contribution in [0.2, 0.25) is 0 Å². The van der Waals surface area contributed by atoms with Crippen LogP contribution in [-0.4, -0.2) is 52.2 Å². The maximum absolute atomic E-state index is 12.5. The molecule has 6 heteroatoms. The van der Waals surface area contributed by atoms with Crippen LogP contribution in [0.3, 0.4) is 0 Å². The minimum absolute atomic E-state index is 0.0897. The normalized spacial score (nSPS) is 16.7. The molecular weight excluding hydrogens is 302 g/mol. The van der Waals surface area contributed by atoms with E-state index in [1.807, 2.05) is 12.1 Å². The molecular formula is C18H25N5O. The Labute approximate surface area is 142 Å². The molecule has 24 heavy (non-hydrogen) atoms. The number of aromatic amines is 1. The Balaban J connectivity index is 1.55. The number of carbonyl (C=O) groups excluding carboxylic acids is 1. The van der Waals surface area contributed by atoms with E-state index in [-0.39, 0.29) is 5.91 Å². The number of rotatable bonds is 6. The minimum Gasteiger partial charge on any atom is -0.352 e. The smallest absolute Gasteiger partial charge is 0.255 e. The average molecular weight is 327 g/mol. The van der Waals surface area contributed by atoms with Gasteiger partial charge in [-0.3, -0.25) is 14.9 Å². The fraction of sp³-hybridized carbons (Fsp3) is 0.500. The molecule has 3 heterocycles. The topological polar surface area (TPSA) is 73.9 Å². The van der Waals surface area contributed by atoms with Crippen LogP contribution in [0.15, 0.2) is 30.7 Å². The standard InChI is InChI=1S/C18H25N5O/c1-14(13-23-8-3-2-4-9-23)10-20-18(24)16-12-21-22-17(16)15-6-5-7-19-11-15/h5-7,11-12,14H,2-4,8-10,13H2,1H3,(H,20,24)(H,21,22)/t14-/m0/s1. The Morgan fingerprint density at radius 1 is 1.33 bits per heavy atom. The van der Waals surface area contributed by atoms with Crippen LogP contribution in [0.25, 0.3) is 11.3 Å². The van der Waals surface area contributed by atoms with Crippen molar-refractivity contribution in [2.75, 3.05) is 26.2 Å². The van der Waals surface area contributed by atoms with Crippen molar-refractivity contribution in [2.45, 2.75) is 26.2 Å². The second-order valence-electron chi connectivity index (χ2n) is 6.58. The number of likely N-dealkylation sites (tertiary alicyclic amines) is 1. The lowest BCUT2D eigenvalue weighted by Crippen LogP contribution is -2.38. The average Bonchev–Trinajstić information content (AvgIpc) is 3.11. The minimum atomic E-state index is -0.0897. The van der Waals surface area contributed by atoms with E-state index < -0.39 is 0 Å². The second-order valence-corrected chi connectivity index (χ2v) is 6.58. The summed E-state index contributed by atoms with van der Waals surface area (Å²) in [5.41, 5.74) is 2.14. The molecule has 1 atom stereocenters. The zero-order chi connectivity index (χ0) is 16.8. The highest BCUT2D eigenvalue weighted by Gasteiger charge is 2.17. The van der Waals surface area contributed by atoms with Gasteiger partial charge in [-0.2, -0.15) is 5.10 Å². The zero-order valence-corrected chi connectivity index (χ0v) is 14.2. The molecule has 1 aliphatic rings. The second kappa shape index (κ2) is 8.06. The lowest BCUT2D eigenvalue weighted by molar-refractivity contribution is 0.0943. The molecule has 2 N–H and O–H groups in total. The third-order valence-corrected chi connectivity index (χ3v) is 4.46. The predicted molar refractivity (Wildman–Crippen MR) is 93.6 cm³/mol. The summed E-state index contributed by atoms with van der Waals surface area (Å²) >= 11 is 0. The first-order valence-electron chi connectivity index (χ1n) is 8.68. The maximum atomic E-state index is 12.5. The van der Waals surface area contributed by atoms with Crippen LogP contribution < -0.4 is 5.32 Å². The number of nitrogens with zero attached hydrogens (tertiary/aromatic N) is 3. The van der Waals surface area contributed by atoms with Gasteiger partial charge in [0, 0.05) is 31.0 Å². The van der Waals surface area contributed by atoms with E-state index in [0.717, 1.165) is 12.1 Å². The first-order chi connectivity index (χ1) is 11.7. The quantitative estimate of drug-likeness (QED) is 0.854. The third kappa shape index (κ3) is 4.20. The summed E-state index contributed by atoms with van der Waals surface area (Å²) < 4.78 is 0. The van der Waals surface area contributed by atoms with E-state index in [0.29, 0.717) is 23.7 Å². The third-order valence-electron chi connectivity index (χ3n) is 4.46. The molecule has 1 saturated heterocycles. The Hall–Kier alpha value is -2.21. The van der Waals surface area contributed by atoms with Gasteiger partial charge in [0.15, 0.2) is 0 Å². The van der Waals surface area contributed by atoms with E-state index >= 15 is 0 Å². The molecule has 0 saturated carbocycles. The molecule has 0 bridgehead atoms. The maximum Gasteiger partial charge on any atom is 0.255 e. The monoisotopic (exact) mass is 327 g/mol. The van der Waals surface area contributed by atoms with Gasteiger partial charge in [0.05, 0.1) is 17.5 Å². The number of hydrogen-bond donors (Lipinski definition) is 2. The number of pyridine rings is 1. The van der Waals surface area contributed by atoms with Gasteiger partial charge in [0.2, 0.25) is 0 Å². The highest BCUT2D eigenvalue weighted by molar-refractivity contribution is 5.99. The van der Waals surface area contributed by atoms with Crippen molar-refractivity contribution in [3.05, 3.63) is 36.3 Å². The fourth-order valence-corrected chi connectivity index (χ4v) is 3.20. The Kier molecular flexibility index (Phi) is 5.59. The van der Waals surface area contributed by atoms with Crippen LogP contribution in [0.5, 0.6) is 0 Å². The van der Waals surface area contributed by atoms with Crippen molar-refractivity contribution < 1.29 is 4.79 Å². The highest BCUT2D eigenvalue weighted by Crippen LogP contribution is 2.19. The Bertz CT molecular complexity index is 648. The number of nitrogens with one attached hydrogen (secondary N) is 2. The highest BCUT2D eigenvalue weighted by atomic mass is 16.1. The lowest BCUT2D eigenvalue weighted by Gasteiger charge is -2.29. The van der Waals surface area contributed by atoms with Gasteiger partial charge < -0.3 is 10.2 Å². The van der Waals surface area contributed by atoms with Crippen LogP contribution in [0.4, 0.5) is 0 Å². The van der Waals surface area contributed by atoms with Crippen molar-refractivity contribution in [3.8, 4) is 11.3 Å². The van der Waals surface area contributed by atoms with Crippen molar-refractivity contribution in [2.24, 2.45) is 5.92 Å². The molecule has 2 aromatic heterocycles. The van der Waals surface area contributed by atoms with Crippen LogP contribution >= 0.6 is 0 Å². The van der Waals surface area contributed by atoms with Crippen LogP contribution in [0, 0.1) is 5.92 Å². The summed E-state index contributed by atoms with van der Waals surface area (Å²) in [7, 11) is 0. The summed E-state index contributed by atoms with van der Waals surface area (Å²) in [5, 5.41) is 9.95. The van der Waals surface area contributed by atoms with Crippen LogP contribution in [-0.2, 0) is 0 Å². The first kappa shape index (κ1) is 16.6. The lowest BCUT2D eigenvalue weighted by atomic mass is 10.1. The van der Waals surface area contributed by atoms with Gasteiger partial charge in [-0.1, -0.05) is 13.3 Å². The SMILES string of the molecule is C[C@@H](CNC(=O)c1cn[nH]c1-c1cccnc1)CN1CCCCC1. The van der Waals surface area contributed by atoms with Crippen molar-refractivity contribution in [1.29, 1.82) is 0 Å². The summed E-state index contributed by atoms with van der Waals surface area (Å²) in [6, 6.07) is 3.76. The van der Waals surface area contributed by atoms with E-state index in [9.17, 15) is 4.79 Å². The van der Waals surface area contributed by atoms with Gasteiger partial charge in [0.25, 0.3) is 5.91 Å². The molecule has 0 spiro atoms. The molecule has 128 valence electrons.